The smallest absolute Gasteiger partial charge is 0.316 e. The summed E-state index contributed by atoms with van der Waals surface area (Å²) in [6, 6.07) is 0. The minimum absolute atomic E-state index is 0.388. The van der Waals surface area contributed by atoms with Gasteiger partial charge in [-0.3, -0.25) is 4.79 Å². The van der Waals surface area contributed by atoms with Crippen molar-refractivity contribution in [1.29, 1.82) is 0 Å². The van der Waals surface area contributed by atoms with Crippen molar-refractivity contribution in [2.75, 3.05) is 6.61 Å². The van der Waals surface area contributed by atoms with Gasteiger partial charge in [0.25, 0.3) is 0 Å². The summed E-state index contributed by atoms with van der Waals surface area (Å²) in [6.45, 7) is 4.24. The van der Waals surface area contributed by atoms with Gasteiger partial charge in [-0.25, -0.2) is 0 Å². The molecule has 0 aromatic rings. The summed E-state index contributed by atoms with van der Waals surface area (Å²) in [6.07, 6.45) is 3.02. The fraction of sp³-hybridized carbons (Fsp3) is 0.778. The zero-order valence-electron chi connectivity index (χ0n) is 7.71. The molecule has 70 valence electrons. The van der Waals surface area contributed by atoms with Gasteiger partial charge in [-0.2, -0.15) is 0 Å². The maximum absolute atomic E-state index is 11.0. The molecule has 0 bridgehead atoms. The van der Waals surface area contributed by atoms with Crippen LogP contribution < -0.4 is 0 Å². The third-order valence-electron chi connectivity index (χ3n) is 1.65. The molecule has 0 fully saturated rings. The summed E-state index contributed by atoms with van der Waals surface area (Å²) in [7, 11) is 0. The quantitative estimate of drug-likeness (QED) is 0.264. The second-order valence-electron chi connectivity index (χ2n) is 2.67. The van der Waals surface area contributed by atoms with Gasteiger partial charge in [0.15, 0.2) is 0 Å². The van der Waals surface area contributed by atoms with Crippen molar-refractivity contribution in [3.05, 3.63) is 0 Å². The Morgan fingerprint density at radius 3 is 2.58 bits per heavy atom. The van der Waals surface area contributed by atoms with Gasteiger partial charge in [-0.05, 0) is 12.8 Å². The second kappa shape index (κ2) is 6.83. The monoisotopic (exact) mass is 172 g/mol. The first-order chi connectivity index (χ1) is 5.76. The lowest BCUT2D eigenvalue weighted by atomic mass is 10.1. The molecule has 3 nitrogen and oxygen atoms in total. The van der Waals surface area contributed by atoms with Crippen LogP contribution in [0.1, 0.15) is 33.1 Å². The Labute approximate surface area is 73.1 Å². The minimum atomic E-state index is -0.568. The van der Waals surface area contributed by atoms with E-state index in [0.29, 0.717) is 19.3 Å². The molecule has 1 atom stereocenters. The van der Waals surface area contributed by atoms with E-state index in [1.54, 1.807) is 6.92 Å². The molecule has 12 heavy (non-hydrogen) atoms. The third-order valence-corrected chi connectivity index (χ3v) is 1.65. The van der Waals surface area contributed by atoms with Crippen molar-refractivity contribution >= 4 is 12.3 Å². The number of ether oxygens (including phenoxy) is 1. The molecule has 0 heterocycles. The Bertz CT molecular complexity index is 143. The largest absolute Gasteiger partial charge is 0.465 e. The fourth-order valence-electron chi connectivity index (χ4n) is 0.743. The molecule has 0 spiro atoms. The van der Waals surface area contributed by atoms with Crippen molar-refractivity contribution in [1.82, 2.24) is 0 Å². The topological polar surface area (TPSA) is 43.4 Å². The molecular formula is C9H16O3. The molecule has 0 aromatic carbocycles. The Balaban J connectivity index is 3.62. The number of carbonyl (C=O) groups excluding carboxylic acids is 2. The Kier molecular flexibility index (Phi) is 6.34. The molecule has 0 aliphatic heterocycles. The van der Waals surface area contributed by atoms with E-state index in [1.807, 2.05) is 6.92 Å². The number of hydrogen-bond donors (Lipinski definition) is 0. The average molecular weight is 172 g/mol. The Morgan fingerprint density at radius 2 is 2.17 bits per heavy atom. The highest BCUT2D eigenvalue weighted by molar-refractivity contribution is 5.87. The number of esters is 1. The summed E-state index contributed by atoms with van der Waals surface area (Å²) in [5, 5.41) is 0. The molecule has 0 amide bonds. The van der Waals surface area contributed by atoms with Crippen molar-refractivity contribution in [2.24, 2.45) is 5.92 Å². The van der Waals surface area contributed by atoms with Crippen LogP contribution in [0.15, 0.2) is 0 Å². The van der Waals surface area contributed by atoms with Crippen molar-refractivity contribution in [3.8, 4) is 0 Å². The standard InChI is InChI=1S/C9H16O3/c1-3-5-6-12-9(11)8(4-2)7-10/h7-8H,3-6H2,1-2H3. The van der Waals surface area contributed by atoms with E-state index in [-0.39, 0.29) is 5.97 Å². The number of aldehydes is 1. The average Bonchev–Trinajstić information content (AvgIpc) is 2.07. The van der Waals surface area contributed by atoms with Gasteiger partial charge in [0.2, 0.25) is 0 Å². The molecule has 0 rings (SSSR count). The van der Waals surface area contributed by atoms with Gasteiger partial charge < -0.3 is 9.53 Å². The van der Waals surface area contributed by atoms with E-state index < -0.39 is 5.92 Å². The second-order valence-corrected chi connectivity index (χ2v) is 2.67. The maximum Gasteiger partial charge on any atom is 0.316 e. The van der Waals surface area contributed by atoms with E-state index in [4.69, 9.17) is 4.74 Å². The SMILES string of the molecule is CCCCOC(=O)C(C=O)CC. The summed E-state index contributed by atoms with van der Waals surface area (Å²) in [4.78, 5) is 21.3. The molecule has 0 aliphatic rings. The predicted octanol–water partition coefficient (Wildman–Crippen LogP) is 1.55. The van der Waals surface area contributed by atoms with Crippen LogP contribution in [0.2, 0.25) is 0 Å². The molecule has 3 heteroatoms. The van der Waals surface area contributed by atoms with E-state index in [9.17, 15) is 9.59 Å². The van der Waals surface area contributed by atoms with Gasteiger partial charge in [-0.15, -0.1) is 0 Å². The maximum atomic E-state index is 11.0. The number of rotatable bonds is 6. The molecule has 1 unspecified atom stereocenters. The summed E-state index contributed by atoms with van der Waals surface area (Å²) >= 11 is 0. The Morgan fingerprint density at radius 1 is 1.50 bits per heavy atom. The highest BCUT2D eigenvalue weighted by Gasteiger charge is 2.15. The van der Waals surface area contributed by atoms with Crippen LogP contribution in [0.3, 0.4) is 0 Å². The normalized spacial score (nSPS) is 12.2. The van der Waals surface area contributed by atoms with Crippen LogP contribution in [0.4, 0.5) is 0 Å². The van der Waals surface area contributed by atoms with Crippen molar-refractivity contribution in [3.63, 3.8) is 0 Å². The lowest BCUT2D eigenvalue weighted by Gasteiger charge is -2.06. The lowest BCUT2D eigenvalue weighted by Crippen LogP contribution is -2.18. The summed E-state index contributed by atoms with van der Waals surface area (Å²) in [5.41, 5.74) is 0. The van der Waals surface area contributed by atoms with Crippen LogP contribution in [0.25, 0.3) is 0 Å². The van der Waals surface area contributed by atoms with E-state index in [0.717, 1.165) is 12.8 Å². The van der Waals surface area contributed by atoms with Gasteiger partial charge in [0.1, 0.15) is 12.2 Å². The van der Waals surface area contributed by atoms with Crippen LogP contribution >= 0.6 is 0 Å². The van der Waals surface area contributed by atoms with Crippen molar-refractivity contribution < 1.29 is 14.3 Å². The number of hydrogen-bond acceptors (Lipinski definition) is 3. The summed E-state index contributed by atoms with van der Waals surface area (Å²) < 4.78 is 4.86. The van der Waals surface area contributed by atoms with Gasteiger partial charge in [0.05, 0.1) is 6.61 Å². The molecule has 0 aromatic heterocycles. The number of carbonyl (C=O) groups is 2. The van der Waals surface area contributed by atoms with Crippen LogP contribution in [0.5, 0.6) is 0 Å². The number of unbranched alkanes of at least 4 members (excludes halogenated alkanes) is 1. The summed E-state index contributed by atoms with van der Waals surface area (Å²) in [5.74, 6) is -0.956. The van der Waals surface area contributed by atoms with Crippen molar-refractivity contribution in [2.45, 2.75) is 33.1 Å². The van der Waals surface area contributed by atoms with Gasteiger partial charge in [0, 0.05) is 0 Å². The first-order valence-electron chi connectivity index (χ1n) is 4.38. The third kappa shape index (κ3) is 4.11. The predicted molar refractivity (Wildman–Crippen MR) is 45.7 cm³/mol. The zero-order chi connectivity index (χ0) is 9.40. The molecule has 0 saturated heterocycles. The van der Waals surface area contributed by atoms with E-state index in [1.165, 1.54) is 0 Å². The fourth-order valence-corrected chi connectivity index (χ4v) is 0.743. The van der Waals surface area contributed by atoms with E-state index in [2.05, 4.69) is 0 Å². The molecule has 0 saturated carbocycles. The molecule has 0 N–H and O–H groups in total. The van der Waals surface area contributed by atoms with Gasteiger partial charge >= 0.3 is 5.97 Å². The van der Waals surface area contributed by atoms with Gasteiger partial charge in [-0.1, -0.05) is 20.3 Å². The molecule has 0 radical (unpaired) electrons. The molecule has 0 aliphatic carbocycles. The first kappa shape index (κ1) is 11.1. The first-order valence-corrected chi connectivity index (χ1v) is 4.38. The highest BCUT2D eigenvalue weighted by Crippen LogP contribution is 2.02. The Hall–Kier alpha value is -0.860. The minimum Gasteiger partial charge on any atom is -0.465 e. The van der Waals surface area contributed by atoms with Crippen LogP contribution in [0, 0.1) is 5.92 Å². The van der Waals surface area contributed by atoms with Crippen LogP contribution in [-0.4, -0.2) is 18.9 Å². The van der Waals surface area contributed by atoms with E-state index >= 15 is 0 Å². The lowest BCUT2D eigenvalue weighted by molar-refractivity contribution is -0.149. The molecular weight excluding hydrogens is 156 g/mol. The highest BCUT2D eigenvalue weighted by atomic mass is 16.5. The zero-order valence-corrected chi connectivity index (χ0v) is 7.71. The van der Waals surface area contributed by atoms with Crippen LogP contribution in [-0.2, 0) is 14.3 Å².